The van der Waals surface area contributed by atoms with Gasteiger partial charge in [0.25, 0.3) is 0 Å². The van der Waals surface area contributed by atoms with Crippen LogP contribution in [0.25, 0.3) is 0 Å². The zero-order chi connectivity index (χ0) is 9.68. The van der Waals surface area contributed by atoms with Crippen molar-refractivity contribution in [2.24, 2.45) is 0 Å². The second kappa shape index (κ2) is 5.52. The van der Waals surface area contributed by atoms with Gasteiger partial charge in [-0.2, -0.15) is 0 Å². The van der Waals surface area contributed by atoms with E-state index in [1.165, 1.54) is 0 Å². The molecule has 0 amide bonds. The maximum atomic E-state index is 5.72. The first kappa shape index (κ1) is 10.9. The molecule has 1 rings (SSSR count). The van der Waals surface area contributed by atoms with E-state index in [2.05, 4.69) is 0 Å². The van der Waals surface area contributed by atoms with E-state index in [4.69, 9.17) is 14.4 Å². The molecule has 0 aliphatic rings. The van der Waals surface area contributed by atoms with Gasteiger partial charge in [-0.25, -0.2) is 0 Å². The first-order valence-corrected chi connectivity index (χ1v) is 7.29. The standard InChI is InChI=1S/C10H12O.ClH.Ru/c1-8(2)11-10-7-5-4-6-9(10)3;;/h3-8H,1-2H3;1H;/q;;+1/p-1. The van der Waals surface area contributed by atoms with Gasteiger partial charge in [0.15, 0.2) is 0 Å². The molecule has 0 N–H and O–H groups in total. The Labute approximate surface area is 90.2 Å². The van der Waals surface area contributed by atoms with E-state index in [0.717, 1.165) is 11.3 Å². The minimum absolute atomic E-state index is 0.191. The molecule has 13 heavy (non-hydrogen) atoms. The van der Waals surface area contributed by atoms with Crippen molar-refractivity contribution in [3.63, 3.8) is 0 Å². The summed E-state index contributed by atoms with van der Waals surface area (Å²) in [6.45, 7) is 4.04. The third kappa shape index (κ3) is 3.58. The van der Waals surface area contributed by atoms with Gasteiger partial charge >= 0.3 is 90.3 Å². The van der Waals surface area contributed by atoms with Gasteiger partial charge in [-0.1, -0.05) is 0 Å². The van der Waals surface area contributed by atoms with Crippen molar-refractivity contribution in [3.05, 3.63) is 29.8 Å². The van der Waals surface area contributed by atoms with Crippen LogP contribution in [0.1, 0.15) is 19.4 Å². The van der Waals surface area contributed by atoms with Crippen LogP contribution in [0.2, 0.25) is 0 Å². The van der Waals surface area contributed by atoms with Crippen LogP contribution in [0.5, 0.6) is 5.75 Å². The number of hydrogen-bond donors (Lipinski definition) is 0. The predicted molar refractivity (Wildman–Crippen MR) is 53.2 cm³/mol. The van der Waals surface area contributed by atoms with Gasteiger partial charge in [0.1, 0.15) is 0 Å². The van der Waals surface area contributed by atoms with Gasteiger partial charge in [0.2, 0.25) is 0 Å². The number of rotatable bonds is 3. The van der Waals surface area contributed by atoms with E-state index in [1.807, 2.05) is 42.7 Å². The molecule has 0 radical (unpaired) electrons. The minimum atomic E-state index is -0.191. The molecular weight excluding hydrogens is 273 g/mol. The Bertz CT molecular complexity index is 297. The van der Waals surface area contributed by atoms with Gasteiger partial charge in [-0.3, -0.25) is 0 Å². The molecule has 0 aliphatic heterocycles. The van der Waals surface area contributed by atoms with E-state index in [9.17, 15) is 0 Å². The molecule has 0 saturated heterocycles. The molecular formula is C10H12ClORu. The molecule has 0 fully saturated rings. The van der Waals surface area contributed by atoms with Crippen molar-refractivity contribution in [2.75, 3.05) is 0 Å². The summed E-state index contributed by atoms with van der Waals surface area (Å²) in [5.74, 6) is 0.924. The Morgan fingerprint density at radius 1 is 1.38 bits per heavy atom. The summed E-state index contributed by atoms with van der Waals surface area (Å²) in [4.78, 5) is 0. The monoisotopic (exact) mass is 285 g/mol. The van der Waals surface area contributed by atoms with Crippen molar-refractivity contribution in [2.45, 2.75) is 20.0 Å². The maximum absolute atomic E-state index is 5.72. The van der Waals surface area contributed by atoms with E-state index < -0.39 is 0 Å². The average Bonchev–Trinajstić information content (AvgIpc) is 2.08. The molecule has 0 saturated carbocycles. The van der Waals surface area contributed by atoms with E-state index in [1.54, 1.807) is 0 Å². The molecule has 0 bridgehead atoms. The van der Waals surface area contributed by atoms with Crippen molar-refractivity contribution in [1.29, 1.82) is 0 Å². The molecule has 1 aromatic carbocycles. The van der Waals surface area contributed by atoms with Crippen LogP contribution in [0.15, 0.2) is 24.3 Å². The van der Waals surface area contributed by atoms with Gasteiger partial charge in [-0.05, 0) is 0 Å². The molecule has 0 aliphatic carbocycles. The Balaban J connectivity index is 2.90. The Hall–Kier alpha value is -0.197. The molecule has 0 spiro atoms. The second-order valence-corrected chi connectivity index (χ2v) is 4.68. The average molecular weight is 285 g/mol. The second-order valence-electron chi connectivity index (χ2n) is 2.88. The zero-order valence-electron chi connectivity index (χ0n) is 7.60. The third-order valence-electron chi connectivity index (χ3n) is 1.43. The van der Waals surface area contributed by atoms with Crippen molar-refractivity contribution >= 4 is 14.3 Å². The first-order valence-electron chi connectivity index (χ1n) is 4.05. The van der Waals surface area contributed by atoms with E-state index >= 15 is 0 Å². The Morgan fingerprint density at radius 3 is 2.69 bits per heavy atom. The van der Waals surface area contributed by atoms with Gasteiger partial charge in [0, 0.05) is 0 Å². The molecule has 1 nitrogen and oxygen atoms in total. The van der Waals surface area contributed by atoms with E-state index in [-0.39, 0.29) is 21.8 Å². The van der Waals surface area contributed by atoms with Gasteiger partial charge < -0.3 is 0 Å². The molecule has 3 heteroatoms. The number of para-hydroxylation sites is 1. The Morgan fingerprint density at radius 2 is 2.08 bits per heavy atom. The number of hydrogen-bond acceptors (Lipinski definition) is 1. The fourth-order valence-corrected chi connectivity index (χ4v) is 2.08. The summed E-state index contributed by atoms with van der Waals surface area (Å²) >= 11 is -0.191. The number of halogens is 1. The van der Waals surface area contributed by atoms with Crippen LogP contribution >= 0.6 is 9.69 Å². The topological polar surface area (TPSA) is 9.23 Å². The summed E-state index contributed by atoms with van der Waals surface area (Å²) in [5.41, 5.74) is 1.10. The molecule has 0 unspecified atom stereocenters. The predicted octanol–water partition coefficient (Wildman–Crippen LogP) is 2.86. The molecule has 0 heterocycles. The fraction of sp³-hybridized carbons (Fsp3) is 0.300. The van der Waals surface area contributed by atoms with Crippen LogP contribution in [0, 0.1) is 0 Å². The quantitative estimate of drug-likeness (QED) is 0.776. The van der Waals surface area contributed by atoms with Crippen molar-refractivity contribution < 1.29 is 20.4 Å². The van der Waals surface area contributed by atoms with Crippen LogP contribution in [-0.2, 0) is 15.7 Å². The summed E-state index contributed by atoms with van der Waals surface area (Å²) in [6.07, 6.45) is 0.209. The zero-order valence-corrected chi connectivity index (χ0v) is 10.1. The molecule has 0 aromatic heterocycles. The van der Waals surface area contributed by atoms with Crippen LogP contribution < -0.4 is 4.74 Å². The first-order chi connectivity index (χ1) is 6.24. The summed E-state index contributed by atoms with van der Waals surface area (Å²) in [5, 5.41) is 0. The number of benzene rings is 1. The van der Waals surface area contributed by atoms with E-state index in [0.29, 0.717) is 0 Å². The van der Waals surface area contributed by atoms with Gasteiger partial charge in [0.05, 0.1) is 0 Å². The fourth-order valence-electron chi connectivity index (χ4n) is 0.968. The van der Waals surface area contributed by atoms with Crippen LogP contribution in [-0.4, -0.2) is 10.7 Å². The van der Waals surface area contributed by atoms with Crippen LogP contribution in [0.3, 0.4) is 0 Å². The Kier molecular flexibility index (Phi) is 4.62. The molecule has 73 valence electrons. The molecule has 0 atom stereocenters. The normalized spacial score (nSPS) is 11.7. The SMILES string of the molecule is CC(C)Oc1ccccc1[CH]=[Ru][Cl]. The van der Waals surface area contributed by atoms with Crippen LogP contribution in [0.4, 0.5) is 0 Å². The van der Waals surface area contributed by atoms with Gasteiger partial charge in [-0.15, -0.1) is 0 Å². The third-order valence-corrected chi connectivity index (χ3v) is 2.62. The summed E-state index contributed by atoms with van der Waals surface area (Å²) < 4.78 is 7.66. The van der Waals surface area contributed by atoms with Crippen molar-refractivity contribution in [3.8, 4) is 5.75 Å². The summed E-state index contributed by atoms with van der Waals surface area (Å²) in [6, 6.07) is 7.96. The number of ether oxygens (including phenoxy) is 1. The molecule has 1 aromatic rings. The summed E-state index contributed by atoms with van der Waals surface area (Å²) in [7, 11) is 5.72. The van der Waals surface area contributed by atoms with Crippen molar-refractivity contribution in [1.82, 2.24) is 0 Å².